The summed E-state index contributed by atoms with van der Waals surface area (Å²) in [5.74, 6) is -0.532. The molecular weight excluding hydrogens is 304 g/mol. The van der Waals surface area contributed by atoms with Crippen LogP contribution >= 0.6 is 11.6 Å². The summed E-state index contributed by atoms with van der Waals surface area (Å²) in [7, 11) is 1.31. The molecule has 2 rings (SSSR count). The van der Waals surface area contributed by atoms with Crippen LogP contribution in [0.25, 0.3) is 10.9 Å². The van der Waals surface area contributed by atoms with Crippen molar-refractivity contribution in [1.29, 1.82) is 0 Å². The van der Waals surface area contributed by atoms with E-state index in [1.54, 1.807) is 24.3 Å². The fraction of sp³-hybridized carbons (Fsp3) is 0.375. The number of ether oxygens (including phenoxy) is 1. The van der Waals surface area contributed by atoms with Gasteiger partial charge in [0.15, 0.2) is 0 Å². The Balaban J connectivity index is 2.19. The number of carbonyl (C=O) groups is 2. The highest BCUT2D eigenvalue weighted by Gasteiger charge is 2.23. The van der Waals surface area contributed by atoms with E-state index >= 15 is 0 Å². The fourth-order valence-electron chi connectivity index (χ4n) is 2.29. The van der Waals surface area contributed by atoms with Crippen molar-refractivity contribution in [2.75, 3.05) is 7.11 Å². The summed E-state index contributed by atoms with van der Waals surface area (Å²) in [5, 5.41) is 4.16. The van der Waals surface area contributed by atoms with Gasteiger partial charge in [-0.3, -0.25) is 4.79 Å². The number of fused-ring (bicyclic) bond motifs is 1. The number of esters is 1. The Hall–Kier alpha value is -2.01. The molecule has 22 heavy (non-hydrogen) atoms. The number of carbonyl (C=O) groups excluding carboxylic acids is 2. The molecule has 6 heteroatoms. The number of rotatable bonds is 5. The Morgan fingerprint density at radius 3 is 2.68 bits per heavy atom. The van der Waals surface area contributed by atoms with Gasteiger partial charge in [-0.25, -0.2) is 4.79 Å². The van der Waals surface area contributed by atoms with Gasteiger partial charge in [0, 0.05) is 15.9 Å². The minimum absolute atomic E-state index is 0.255. The molecule has 1 unspecified atom stereocenters. The molecule has 0 aliphatic heterocycles. The smallest absolute Gasteiger partial charge is 0.328 e. The maximum Gasteiger partial charge on any atom is 0.328 e. The lowest BCUT2D eigenvalue weighted by Crippen LogP contribution is -2.42. The Morgan fingerprint density at radius 1 is 1.32 bits per heavy atom. The molecule has 5 nitrogen and oxygen atoms in total. The quantitative estimate of drug-likeness (QED) is 0.831. The molecule has 118 valence electrons. The maximum absolute atomic E-state index is 12.3. The van der Waals surface area contributed by atoms with Crippen LogP contribution in [-0.4, -0.2) is 30.0 Å². The minimum Gasteiger partial charge on any atom is -0.467 e. The van der Waals surface area contributed by atoms with Gasteiger partial charge < -0.3 is 15.0 Å². The van der Waals surface area contributed by atoms with E-state index in [0.717, 1.165) is 10.9 Å². The predicted octanol–water partition coefficient (Wildman–Crippen LogP) is 3.14. The number of aromatic nitrogens is 1. The molecule has 1 aromatic carbocycles. The lowest BCUT2D eigenvalue weighted by atomic mass is 10.0. The standard InChI is InChI=1S/C16H19ClN2O3/c1-9(2)6-14(16(21)22-3)19-15(20)13-8-10-7-11(17)4-5-12(10)18-13/h4-5,7-9,14,18H,6H2,1-3H3,(H,19,20). The van der Waals surface area contributed by atoms with E-state index in [-0.39, 0.29) is 11.8 Å². The average molecular weight is 323 g/mol. The van der Waals surface area contributed by atoms with Crippen molar-refractivity contribution in [3.05, 3.63) is 35.0 Å². The zero-order chi connectivity index (χ0) is 16.3. The van der Waals surface area contributed by atoms with Crippen molar-refractivity contribution < 1.29 is 14.3 Å². The van der Waals surface area contributed by atoms with Gasteiger partial charge in [0.25, 0.3) is 5.91 Å². The summed E-state index contributed by atoms with van der Waals surface area (Å²) in [6.07, 6.45) is 0.518. The highest BCUT2D eigenvalue weighted by molar-refractivity contribution is 6.31. The molecule has 0 bridgehead atoms. The molecule has 0 fully saturated rings. The third kappa shape index (κ3) is 3.80. The average Bonchev–Trinajstić information content (AvgIpc) is 2.88. The van der Waals surface area contributed by atoms with E-state index < -0.39 is 12.0 Å². The molecular formula is C16H19ClN2O3. The lowest BCUT2D eigenvalue weighted by molar-refractivity contribution is -0.143. The molecule has 0 aliphatic rings. The highest BCUT2D eigenvalue weighted by atomic mass is 35.5. The van der Waals surface area contributed by atoms with Crippen LogP contribution in [0.1, 0.15) is 30.8 Å². The second-order valence-corrected chi connectivity index (χ2v) is 6.03. The molecule has 1 atom stereocenters. The van der Waals surface area contributed by atoms with E-state index in [2.05, 4.69) is 10.3 Å². The van der Waals surface area contributed by atoms with Crippen LogP contribution in [0.4, 0.5) is 0 Å². The van der Waals surface area contributed by atoms with E-state index in [1.165, 1.54) is 7.11 Å². The maximum atomic E-state index is 12.3. The van der Waals surface area contributed by atoms with Crippen molar-refractivity contribution in [3.63, 3.8) is 0 Å². The number of benzene rings is 1. The largest absolute Gasteiger partial charge is 0.467 e. The molecule has 1 amide bonds. The molecule has 2 aromatic rings. The van der Waals surface area contributed by atoms with Crippen molar-refractivity contribution in [2.24, 2.45) is 5.92 Å². The van der Waals surface area contributed by atoms with Crippen LogP contribution in [0.15, 0.2) is 24.3 Å². The van der Waals surface area contributed by atoms with Gasteiger partial charge in [-0.05, 0) is 36.6 Å². The number of hydrogen-bond donors (Lipinski definition) is 2. The first kappa shape index (κ1) is 16.4. The van der Waals surface area contributed by atoms with Crippen molar-refractivity contribution >= 4 is 34.4 Å². The summed E-state index contributed by atoms with van der Waals surface area (Å²) in [4.78, 5) is 27.1. The first-order chi connectivity index (χ1) is 10.4. The fourth-order valence-corrected chi connectivity index (χ4v) is 2.47. The van der Waals surface area contributed by atoms with Gasteiger partial charge in [-0.2, -0.15) is 0 Å². The van der Waals surface area contributed by atoms with Crippen molar-refractivity contribution in [3.8, 4) is 0 Å². The van der Waals surface area contributed by atoms with Crippen LogP contribution in [0.5, 0.6) is 0 Å². The molecule has 1 heterocycles. The number of methoxy groups -OCH3 is 1. The number of amides is 1. The molecule has 0 spiro atoms. The lowest BCUT2D eigenvalue weighted by Gasteiger charge is -2.17. The third-order valence-corrected chi connectivity index (χ3v) is 3.56. The number of hydrogen-bond acceptors (Lipinski definition) is 3. The van der Waals surface area contributed by atoms with Crippen LogP contribution < -0.4 is 5.32 Å². The monoisotopic (exact) mass is 322 g/mol. The molecule has 0 aliphatic carbocycles. The number of halogens is 1. The summed E-state index contributed by atoms with van der Waals surface area (Å²) in [6, 6.07) is 6.38. The third-order valence-electron chi connectivity index (χ3n) is 3.33. The number of H-pyrrole nitrogens is 1. The first-order valence-corrected chi connectivity index (χ1v) is 7.45. The summed E-state index contributed by atoms with van der Waals surface area (Å²) in [5.41, 5.74) is 1.20. The van der Waals surface area contributed by atoms with Gasteiger partial charge in [0.1, 0.15) is 11.7 Å². The van der Waals surface area contributed by atoms with E-state index in [1.807, 2.05) is 13.8 Å². The number of aromatic amines is 1. The normalized spacial score (nSPS) is 12.4. The summed E-state index contributed by atoms with van der Waals surface area (Å²) < 4.78 is 4.74. The molecule has 1 aromatic heterocycles. The summed E-state index contributed by atoms with van der Waals surface area (Å²) in [6.45, 7) is 3.96. The Kier molecular flexibility index (Phi) is 5.08. The zero-order valence-electron chi connectivity index (χ0n) is 12.8. The summed E-state index contributed by atoms with van der Waals surface area (Å²) >= 11 is 5.93. The van der Waals surface area contributed by atoms with Gasteiger partial charge in [-0.1, -0.05) is 25.4 Å². The highest BCUT2D eigenvalue weighted by Crippen LogP contribution is 2.20. The van der Waals surface area contributed by atoms with Crippen LogP contribution in [0, 0.1) is 5.92 Å². The van der Waals surface area contributed by atoms with E-state index in [4.69, 9.17) is 16.3 Å². The van der Waals surface area contributed by atoms with Crippen molar-refractivity contribution in [2.45, 2.75) is 26.3 Å². The van der Waals surface area contributed by atoms with Crippen LogP contribution in [-0.2, 0) is 9.53 Å². The van der Waals surface area contributed by atoms with Gasteiger partial charge in [-0.15, -0.1) is 0 Å². The van der Waals surface area contributed by atoms with Gasteiger partial charge in [0.05, 0.1) is 7.11 Å². The van der Waals surface area contributed by atoms with E-state index in [0.29, 0.717) is 17.1 Å². The predicted molar refractivity (Wildman–Crippen MR) is 86.0 cm³/mol. The van der Waals surface area contributed by atoms with E-state index in [9.17, 15) is 9.59 Å². The Labute approximate surface area is 134 Å². The van der Waals surface area contributed by atoms with Crippen LogP contribution in [0.2, 0.25) is 5.02 Å². The Bertz CT molecular complexity index is 694. The SMILES string of the molecule is COC(=O)C(CC(C)C)NC(=O)c1cc2cc(Cl)ccc2[nH]1. The first-order valence-electron chi connectivity index (χ1n) is 7.07. The van der Waals surface area contributed by atoms with Gasteiger partial charge in [0.2, 0.25) is 0 Å². The molecule has 2 N–H and O–H groups in total. The molecule has 0 radical (unpaired) electrons. The molecule has 0 saturated heterocycles. The van der Waals surface area contributed by atoms with Gasteiger partial charge >= 0.3 is 5.97 Å². The molecule has 0 saturated carbocycles. The Morgan fingerprint density at radius 2 is 2.05 bits per heavy atom. The van der Waals surface area contributed by atoms with Crippen molar-refractivity contribution in [1.82, 2.24) is 10.3 Å². The number of nitrogens with one attached hydrogen (secondary N) is 2. The second-order valence-electron chi connectivity index (χ2n) is 5.59. The van der Waals surface area contributed by atoms with Crippen LogP contribution in [0.3, 0.4) is 0 Å². The minimum atomic E-state index is -0.660. The zero-order valence-corrected chi connectivity index (χ0v) is 13.5. The second kappa shape index (κ2) is 6.83. The topological polar surface area (TPSA) is 71.2 Å².